The molecule has 4 heteroatoms. The Bertz CT molecular complexity index is 683. The summed E-state index contributed by atoms with van der Waals surface area (Å²) in [6, 6.07) is 8.08. The highest BCUT2D eigenvalue weighted by molar-refractivity contribution is 5.79. The summed E-state index contributed by atoms with van der Waals surface area (Å²) in [5.41, 5.74) is 2.10. The lowest BCUT2D eigenvalue weighted by atomic mass is 9.79. The number of para-hydroxylation sites is 2. The molecule has 4 nitrogen and oxygen atoms in total. The molecule has 2 aromatic rings. The van der Waals surface area contributed by atoms with Crippen LogP contribution in [0.3, 0.4) is 0 Å². The number of rotatable bonds is 6. The third kappa shape index (κ3) is 3.80. The molecule has 0 bridgehead atoms. The number of fused-ring (bicyclic) bond motifs is 1. The molecule has 0 spiro atoms. The van der Waals surface area contributed by atoms with Crippen molar-refractivity contribution >= 4 is 16.9 Å². The summed E-state index contributed by atoms with van der Waals surface area (Å²) in [7, 11) is 2.01. The lowest BCUT2D eigenvalue weighted by Gasteiger charge is -2.27. The van der Waals surface area contributed by atoms with Crippen LogP contribution in [0.1, 0.15) is 57.7 Å². The van der Waals surface area contributed by atoms with Crippen molar-refractivity contribution in [1.82, 2.24) is 14.9 Å². The quantitative estimate of drug-likeness (QED) is 0.865. The van der Waals surface area contributed by atoms with Gasteiger partial charge in [-0.1, -0.05) is 38.3 Å². The van der Waals surface area contributed by atoms with Gasteiger partial charge in [0.15, 0.2) is 0 Å². The van der Waals surface area contributed by atoms with Crippen LogP contribution in [0, 0.1) is 11.8 Å². The Hall–Kier alpha value is -1.84. The van der Waals surface area contributed by atoms with Crippen molar-refractivity contribution in [3.05, 3.63) is 30.1 Å². The zero-order chi connectivity index (χ0) is 16.9. The topological polar surface area (TPSA) is 46.9 Å². The highest BCUT2D eigenvalue weighted by Gasteiger charge is 2.26. The number of hydrogen-bond acceptors (Lipinski definition) is 2. The fourth-order valence-corrected chi connectivity index (χ4v) is 3.87. The Morgan fingerprint density at radius 1 is 1.25 bits per heavy atom. The van der Waals surface area contributed by atoms with E-state index in [1.807, 2.05) is 25.2 Å². The van der Waals surface area contributed by atoms with E-state index in [9.17, 15) is 4.79 Å². The number of aryl methyl sites for hydroxylation is 1. The summed E-state index contributed by atoms with van der Waals surface area (Å²) < 4.78 is 2.07. The number of amides is 1. The molecule has 1 fully saturated rings. The van der Waals surface area contributed by atoms with Crippen LogP contribution in [0.15, 0.2) is 24.3 Å². The first-order valence-corrected chi connectivity index (χ1v) is 9.37. The van der Waals surface area contributed by atoms with E-state index in [1.165, 1.54) is 32.1 Å². The van der Waals surface area contributed by atoms with Crippen molar-refractivity contribution in [2.45, 2.75) is 58.4 Å². The van der Waals surface area contributed by atoms with Crippen LogP contribution in [0.25, 0.3) is 11.0 Å². The molecule has 0 unspecified atom stereocenters. The minimum atomic E-state index is 0.192. The van der Waals surface area contributed by atoms with Gasteiger partial charge < -0.3 is 9.88 Å². The van der Waals surface area contributed by atoms with Gasteiger partial charge in [0.05, 0.1) is 17.6 Å². The van der Waals surface area contributed by atoms with Crippen molar-refractivity contribution < 1.29 is 4.79 Å². The Morgan fingerprint density at radius 3 is 2.71 bits per heavy atom. The van der Waals surface area contributed by atoms with Gasteiger partial charge in [-0.05, 0) is 43.7 Å². The zero-order valence-electron chi connectivity index (χ0n) is 14.9. The van der Waals surface area contributed by atoms with Crippen LogP contribution < -0.4 is 5.32 Å². The average Bonchev–Trinajstić information content (AvgIpc) is 2.94. The molecule has 0 atom stereocenters. The molecule has 1 amide bonds. The van der Waals surface area contributed by atoms with E-state index in [0.717, 1.165) is 35.6 Å². The number of hydrogen-bond donors (Lipinski definition) is 1. The first-order valence-electron chi connectivity index (χ1n) is 9.37. The zero-order valence-corrected chi connectivity index (χ0v) is 14.9. The van der Waals surface area contributed by atoms with Gasteiger partial charge in [0.1, 0.15) is 5.82 Å². The van der Waals surface area contributed by atoms with Crippen molar-refractivity contribution in [2.24, 2.45) is 18.9 Å². The van der Waals surface area contributed by atoms with Gasteiger partial charge >= 0.3 is 0 Å². The Balaban J connectivity index is 1.51. The summed E-state index contributed by atoms with van der Waals surface area (Å²) in [5, 5.41) is 3.11. The molecule has 1 aromatic carbocycles. The van der Waals surface area contributed by atoms with Gasteiger partial charge in [-0.2, -0.15) is 0 Å². The number of nitrogens with zero attached hydrogens (tertiary/aromatic N) is 2. The van der Waals surface area contributed by atoms with E-state index in [1.54, 1.807) is 0 Å². The van der Waals surface area contributed by atoms with Crippen LogP contribution in [0.5, 0.6) is 0 Å². The first-order chi connectivity index (χ1) is 11.7. The van der Waals surface area contributed by atoms with Gasteiger partial charge in [-0.3, -0.25) is 4.79 Å². The summed E-state index contributed by atoms with van der Waals surface area (Å²) in [6.45, 7) is 2.76. The van der Waals surface area contributed by atoms with Gasteiger partial charge in [-0.15, -0.1) is 0 Å². The lowest BCUT2D eigenvalue weighted by molar-refractivity contribution is -0.126. The maximum atomic E-state index is 12.5. The molecule has 0 saturated heterocycles. The monoisotopic (exact) mass is 327 g/mol. The number of imidazole rings is 1. The van der Waals surface area contributed by atoms with Crippen molar-refractivity contribution in [2.75, 3.05) is 0 Å². The summed E-state index contributed by atoms with van der Waals surface area (Å²) in [6.07, 6.45) is 8.46. The molecule has 24 heavy (non-hydrogen) atoms. The molecular formula is C20H29N3O. The van der Waals surface area contributed by atoms with Crippen LogP contribution in [0.4, 0.5) is 0 Å². The van der Waals surface area contributed by atoms with Gasteiger partial charge in [0, 0.05) is 13.0 Å². The van der Waals surface area contributed by atoms with E-state index < -0.39 is 0 Å². The van der Waals surface area contributed by atoms with E-state index in [0.29, 0.717) is 6.54 Å². The minimum Gasteiger partial charge on any atom is -0.349 e. The van der Waals surface area contributed by atoms with Crippen molar-refractivity contribution in [1.29, 1.82) is 0 Å². The maximum Gasteiger partial charge on any atom is 0.223 e. The molecule has 3 rings (SSSR count). The van der Waals surface area contributed by atoms with Gasteiger partial charge in [0.2, 0.25) is 5.91 Å². The fraction of sp³-hybridized carbons (Fsp3) is 0.600. The SMILES string of the molecule is CCCCC1CCC(C(=O)NCc2nc3ccccc3n2C)CC1. The third-order valence-corrected chi connectivity index (χ3v) is 5.48. The largest absolute Gasteiger partial charge is 0.349 e. The molecular weight excluding hydrogens is 298 g/mol. The second-order valence-corrected chi connectivity index (χ2v) is 7.15. The second-order valence-electron chi connectivity index (χ2n) is 7.15. The minimum absolute atomic E-state index is 0.192. The summed E-state index contributed by atoms with van der Waals surface area (Å²) in [5.74, 6) is 2.16. The molecule has 0 aliphatic heterocycles. The number of carbonyl (C=O) groups excluding carboxylic acids is 1. The van der Waals surface area contributed by atoms with Crippen LogP contribution >= 0.6 is 0 Å². The summed E-state index contributed by atoms with van der Waals surface area (Å²) in [4.78, 5) is 17.1. The maximum absolute atomic E-state index is 12.5. The number of benzene rings is 1. The van der Waals surface area contributed by atoms with Crippen molar-refractivity contribution in [3.63, 3.8) is 0 Å². The molecule has 1 aromatic heterocycles. The molecule has 1 saturated carbocycles. The highest BCUT2D eigenvalue weighted by atomic mass is 16.1. The van der Waals surface area contributed by atoms with Gasteiger partial charge in [0.25, 0.3) is 0 Å². The van der Waals surface area contributed by atoms with E-state index in [4.69, 9.17) is 0 Å². The molecule has 1 aliphatic carbocycles. The molecule has 1 N–H and O–H groups in total. The molecule has 1 aliphatic rings. The fourth-order valence-electron chi connectivity index (χ4n) is 3.87. The molecule has 130 valence electrons. The lowest BCUT2D eigenvalue weighted by Crippen LogP contribution is -2.33. The highest BCUT2D eigenvalue weighted by Crippen LogP contribution is 2.32. The Morgan fingerprint density at radius 2 is 2.00 bits per heavy atom. The van der Waals surface area contributed by atoms with Gasteiger partial charge in [-0.25, -0.2) is 4.98 Å². The number of nitrogens with one attached hydrogen (secondary N) is 1. The number of unbranched alkanes of at least 4 members (excludes halogenated alkanes) is 1. The number of carbonyl (C=O) groups is 1. The summed E-state index contributed by atoms with van der Waals surface area (Å²) >= 11 is 0. The average molecular weight is 327 g/mol. The van der Waals surface area contributed by atoms with Crippen molar-refractivity contribution in [3.8, 4) is 0 Å². The van der Waals surface area contributed by atoms with E-state index >= 15 is 0 Å². The van der Waals surface area contributed by atoms with E-state index in [-0.39, 0.29) is 11.8 Å². The van der Waals surface area contributed by atoms with Crippen LogP contribution in [0.2, 0.25) is 0 Å². The molecule has 1 heterocycles. The standard InChI is InChI=1S/C20H29N3O/c1-3-4-7-15-10-12-16(13-11-15)20(24)21-14-19-22-17-8-5-6-9-18(17)23(19)2/h5-6,8-9,15-16H,3-4,7,10-14H2,1-2H3,(H,21,24). The Labute approximate surface area is 144 Å². The third-order valence-electron chi connectivity index (χ3n) is 5.48. The van der Waals surface area contributed by atoms with E-state index in [2.05, 4.69) is 27.9 Å². The second kappa shape index (κ2) is 7.82. The predicted octanol–water partition coefficient (Wildman–Crippen LogP) is 4.19. The first kappa shape index (κ1) is 17.0. The van der Waals surface area contributed by atoms with Crippen LogP contribution in [-0.4, -0.2) is 15.5 Å². The molecule has 0 radical (unpaired) electrons. The number of aromatic nitrogens is 2. The smallest absolute Gasteiger partial charge is 0.223 e. The normalized spacial score (nSPS) is 21.1. The Kier molecular flexibility index (Phi) is 5.54. The van der Waals surface area contributed by atoms with Crippen LogP contribution in [-0.2, 0) is 18.4 Å². The predicted molar refractivity (Wildman–Crippen MR) is 97.5 cm³/mol.